The van der Waals surface area contributed by atoms with Gasteiger partial charge in [0.25, 0.3) is 0 Å². The number of anilines is 2. The molecule has 3 aromatic rings. The molecule has 0 amide bonds. The molecule has 35 heavy (non-hydrogen) atoms. The standard InChI is InChI=1S/C26H31N7S2/c34-24(29-19-26(12-5-2-6-13-26)20-10-3-1-4-11-20)32-23-30-21(33-16-7-8-17-33)18-22(31-23)35-25-27-14-9-15-28-25/h1,3-4,9-11,14-15,18H,2,5-8,12-13,16-17,19H2,(H2,29,30,31,32,34). The third-order valence-electron chi connectivity index (χ3n) is 6.87. The van der Waals surface area contributed by atoms with Crippen molar-refractivity contribution in [1.29, 1.82) is 0 Å². The first kappa shape index (κ1) is 23.9. The first-order valence-corrected chi connectivity index (χ1v) is 13.6. The lowest BCUT2D eigenvalue weighted by Gasteiger charge is -2.38. The van der Waals surface area contributed by atoms with Gasteiger partial charge >= 0.3 is 0 Å². The van der Waals surface area contributed by atoms with E-state index in [-0.39, 0.29) is 5.41 Å². The average molecular weight is 506 g/mol. The molecule has 0 spiro atoms. The lowest BCUT2D eigenvalue weighted by Crippen LogP contribution is -2.43. The van der Waals surface area contributed by atoms with E-state index in [0.717, 1.165) is 30.5 Å². The van der Waals surface area contributed by atoms with E-state index < -0.39 is 0 Å². The fourth-order valence-electron chi connectivity index (χ4n) is 5.04. The van der Waals surface area contributed by atoms with Crippen LogP contribution in [0.1, 0.15) is 50.5 Å². The second-order valence-corrected chi connectivity index (χ2v) is 10.6. The smallest absolute Gasteiger partial charge is 0.232 e. The highest BCUT2D eigenvalue weighted by Crippen LogP contribution is 2.39. The lowest BCUT2D eigenvalue weighted by molar-refractivity contribution is 0.292. The lowest BCUT2D eigenvalue weighted by atomic mass is 9.69. The van der Waals surface area contributed by atoms with Crippen molar-refractivity contribution in [3.05, 3.63) is 60.4 Å². The van der Waals surface area contributed by atoms with Gasteiger partial charge < -0.3 is 15.5 Å². The molecule has 0 bridgehead atoms. The summed E-state index contributed by atoms with van der Waals surface area (Å²) in [5.74, 6) is 1.41. The predicted octanol–water partition coefficient (Wildman–Crippen LogP) is 5.21. The van der Waals surface area contributed by atoms with Gasteiger partial charge in [0.1, 0.15) is 10.8 Å². The van der Waals surface area contributed by atoms with Crippen LogP contribution in [-0.4, -0.2) is 44.7 Å². The molecule has 1 aromatic carbocycles. The van der Waals surface area contributed by atoms with Crippen molar-refractivity contribution in [2.45, 2.75) is 60.5 Å². The van der Waals surface area contributed by atoms with Gasteiger partial charge in [-0.3, -0.25) is 0 Å². The summed E-state index contributed by atoms with van der Waals surface area (Å²) in [5, 5.41) is 8.76. The maximum atomic E-state index is 5.71. The highest BCUT2D eigenvalue weighted by Gasteiger charge is 2.33. The van der Waals surface area contributed by atoms with Gasteiger partial charge in [-0.05, 0) is 61.3 Å². The maximum absolute atomic E-state index is 5.71. The summed E-state index contributed by atoms with van der Waals surface area (Å²) in [5.41, 5.74) is 1.50. The van der Waals surface area contributed by atoms with Gasteiger partial charge in [0.05, 0.1) is 0 Å². The van der Waals surface area contributed by atoms with Gasteiger partial charge in [-0.1, -0.05) is 49.6 Å². The number of hydrogen-bond acceptors (Lipinski definition) is 7. The maximum Gasteiger partial charge on any atom is 0.232 e. The molecule has 1 saturated carbocycles. The van der Waals surface area contributed by atoms with E-state index in [1.54, 1.807) is 12.4 Å². The third kappa shape index (κ3) is 6.08. The number of rotatable bonds is 7. The van der Waals surface area contributed by atoms with Crippen LogP contribution in [0.25, 0.3) is 0 Å². The van der Waals surface area contributed by atoms with Crippen LogP contribution in [0.4, 0.5) is 11.8 Å². The van der Waals surface area contributed by atoms with Crippen molar-refractivity contribution in [2.24, 2.45) is 0 Å². The molecule has 2 aliphatic rings. The summed E-state index contributed by atoms with van der Waals surface area (Å²) in [6.07, 6.45) is 12.0. The topological polar surface area (TPSA) is 78.9 Å². The second kappa shape index (κ2) is 11.3. The number of thiocarbonyl (C=S) groups is 1. The van der Waals surface area contributed by atoms with Crippen molar-refractivity contribution in [3.63, 3.8) is 0 Å². The van der Waals surface area contributed by atoms with Gasteiger partial charge in [-0.25, -0.2) is 15.0 Å². The average Bonchev–Trinajstić information content (AvgIpc) is 3.44. The SMILES string of the molecule is S=C(NCC1(c2ccccc2)CCCCC1)Nc1nc(Sc2ncccn2)cc(N2CCCC2)n1. The van der Waals surface area contributed by atoms with E-state index in [9.17, 15) is 0 Å². The van der Waals surface area contributed by atoms with Crippen molar-refractivity contribution in [3.8, 4) is 0 Å². The second-order valence-electron chi connectivity index (χ2n) is 9.23. The number of nitrogens with one attached hydrogen (secondary N) is 2. The molecule has 2 fully saturated rings. The van der Waals surface area contributed by atoms with Crippen molar-refractivity contribution >= 4 is 40.9 Å². The van der Waals surface area contributed by atoms with E-state index in [1.165, 1.54) is 62.3 Å². The Balaban J connectivity index is 1.31. The Kier molecular flexibility index (Phi) is 7.73. The van der Waals surface area contributed by atoms with E-state index in [1.807, 2.05) is 12.1 Å². The van der Waals surface area contributed by atoms with E-state index in [2.05, 4.69) is 55.8 Å². The molecule has 5 rings (SSSR count). The van der Waals surface area contributed by atoms with Crippen molar-refractivity contribution in [1.82, 2.24) is 25.3 Å². The molecule has 0 unspecified atom stereocenters. The fourth-order valence-corrected chi connectivity index (χ4v) is 5.92. The molecule has 1 aliphatic carbocycles. The van der Waals surface area contributed by atoms with Gasteiger partial charge in [0, 0.05) is 43.5 Å². The monoisotopic (exact) mass is 505 g/mol. The predicted molar refractivity (Wildman–Crippen MR) is 145 cm³/mol. The first-order chi connectivity index (χ1) is 17.2. The Labute approximate surface area is 216 Å². The quantitative estimate of drug-likeness (QED) is 0.256. The third-order valence-corrected chi connectivity index (χ3v) is 7.92. The number of nitrogens with zero attached hydrogens (tertiary/aromatic N) is 5. The summed E-state index contributed by atoms with van der Waals surface area (Å²) < 4.78 is 0. The fraction of sp³-hybridized carbons (Fsp3) is 0.423. The van der Waals surface area contributed by atoms with Crippen molar-refractivity contribution < 1.29 is 0 Å². The summed E-state index contributed by atoms with van der Waals surface area (Å²) in [4.78, 5) is 20.5. The zero-order valence-electron chi connectivity index (χ0n) is 19.8. The van der Waals surface area contributed by atoms with E-state index in [4.69, 9.17) is 22.2 Å². The van der Waals surface area contributed by atoms with Crippen LogP contribution in [0, 0.1) is 0 Å². The number of aromatic nitrogens is 4. The summed E-state index contributed by atoms with van der Waals surface area (Å²) in [7, 11) is 0. The van der Waals surface area contributed by atoms with Crippen LogP contribution in [0.3, 0.4) is 0 Å². The Morgan fingerprint density at radius 2 is 1.69 bits per heavy atom. The molecule has 2 aromatic heterocycles. The number of hydrogen-bond donors (Lipinski definition) is 2. The molecule has 7 nitrogen and oxygen atoms in total. The Morgan fingerprint density at radius 3 is 2.43 bits per heavy atom. The molecule has 1 aliphatic heterocycles. The molecule has 2 N–H and O–H groups in total. The van der Waals surface area contributed by atoms with Crippen LogP contribution in [0.15, 0.2) is 65.0 Å². The van der Waals surface area contributed by atoms with Gasteiger partial charge in [0.15, 0.2) is 10.3 Å². The van der Waals surface area contributed by atoms with E-state index >= 15 is 0 Å². The highest BCUT2D eigenvalue weighted by molar-refractivity contribution is 7.99. The normalized spacial score (nSPS) is 17.2. The van der Waals surface area contributed by atoms with Crippen LogP contribution >= 0.6 is 24.0 Å². The van der Waals surface area contributed by atoms with Gasteiger partial charge in [0.2, 0.25) is 5.95 Å². The van der Waals surface area contributed by atoms with Crippen LogP contribution in [0.2, 0.25) is 0 Å². The highest BCUT2D eigenvalue weighted by atomic mass is 32.2. The van der Waals surface area contributed by atoms with Crippen LogP contribution < -0.4 is 15.5 Å². The summed E-state index contributed by atoms with van der Waals surface area (Å²) in [6, 6.07) is 14.7. The Bertz CT molecular complexity index is 1120. The Morgan fingerprint density at radius 1 is 0.943 bits per heavy atom. The van der Waals surface area contributed by atoms with E-state index in [0.29, 0.717) is 16.2 Å². The van der Waals surface area contributed by atoms with Crippen LogP contribution in [-0.2, 0) is 5.41 Å². The number of benzene rings is 1. The molecule has 1 saturated heterocycles. The zero-order valence-corrected chi connectivity index (χ0v) is 21.5. The minimum absolute atomic E-state index is 0.106. The molecular formula is C26H31N7S2. The molecule has 182 valence electrons. The van der Waals surface area contributed by atoms with Crippen LogP contribution in [0.5, 0.6) is 0 Å². The molecule has 9 heteroatoms. The minimum Gasteiger partial charge on any atom is -0.361 e. The molecule has 0 radical (unpaired) electrons. The molecule has 0 atom stereocenters. The first-order valence-electron chi connectivity index (χ1n) is 12.4. The molecular weight excluding hydrogens is 474 g/mol. The van der Waals surface area contributed by atoms with Gasteiger partial charge in [-0.2, -0.15) is 4.98 Å². The largest absolute Gasteiger partial charge is 0.361 e. The zero-order chi connectivity index (χ0) is 23.9. The van der Waals surface area contributed by atoms with Gasteiger partial charge in [-0.15, -0.1) is 0 Å². The molecule has 3 heterocycles. The summed E-state index contributed by atoms with van der Waals surface area (Å²) >= 11 is 7.14. The minimum atomic E-state index is 0.106. The van der Waals surface area contributed by atoms with Crippen molar-refractivity contribution in [2.75, 3.05) is 29.9 Å². The Hall–Kier alpha value is -2.78. The summed E-state index contributed by atoms with van der Waals surface area (Å²) in [6.45, 7) is 2.81.